The molecular formula is C13H17FN4O2S. The molecule has 0 radical (unpaired) electrons. The van der Waals surface area contributed by atoms with Crippen molar-refractivity contribution in [2.75, 3.05) is 10.5 Å². The molecule has 0 amide bonds. The fourth-order valence-corrected chi connectivity index (χ4v) is 2.96. The molecule has 2 rings (SSSR count). The Labute approximate surface area is 122 Å². The van der Waals surface area contributed by atoms with Crippen LogP contribution < -0.4 is 10.5 Å². The van der Waals surface area contributed by atoms with Crippen molar-refractivity contribution in [1.29, 1.82) is 0 Å². The first-order valence-electron chi connectivity index (χ1n) is 6.45. The normalized spacial score (nSPS) is 11.6. The molecule has 0 fully saturated rings. The lowest BCUT2D eigenvalue weighted by Crippen LogP contribution is -2.14. The van der Waals surface area contributed by atoms with Gasteiger partial charge >= 0.3 is 0 Å². The van der Waals surface area contributed by atoms with Crippen molar-refractivity contribution in [2.24, 2.45) is 0 Å². The molecule has 2 aromatic rings. The number of nitrogen functional groups attached to an aromatic ring is 1. The van der Waals surface area contributed by atoms with Crippen molar-refractivity contribution >= 4 is 21.5 Å². The topological polar surface area (TPSA) is 90.0 Å². The van der Waals surface area contributed by atoms with Gasteiger partial charge in [0.1, 0.15) is 10.7 Å². The van der Waals surface area contributed by atoms with Gasteiger partial charge in [0.05, 0.1) is 5.69 Å². The molecule has 0 aliphatic heterocycles. The summed E-state index contributed by atoms with van der Waals surface area (Å²) >= 11 is 0. The lowest BCUT2D eigenvalue weighted by Gasteiger charge is -2.07. The van der Waals surface area contributed by atoms with Gasteiger partial charge in [-0.3, -0.25) is 9.40 Å². The van der Waals surface area contributed by atoms with Crippen LogP contribution in [0.3, 0.4) is 0 Å². The number of hydrogen-bond acceptors (Lipinski definition) is 4. The molecule has 1 aromatic heterocycles. The van der Waals surface area contributed by atoms with Crippen molar-refractivity contribution < 1.29 is 12.8 Å². The number of benzene rings is 1. The van der Waals surface area contributed by atoms with E-state index < -0.39 is 15.8 Å². The Kier molecular flexibility index (Phi) is 4.17. The van der Waals surface area contributed by atoms with E-state index in [2.05, 4.69) is 9.82 Å². The first-order chi connectivity index (χ1) is 9.83. The summed E-state index contributed by atoms with van der Waals surface area (Å²) in [5, 5.41) is 3.94. The smallest absolute Gasteiger partial charge is 0.267 e. The van der Waals surface area contributed by atoms with E-state index in [9.17, 15) is 12.8 Å². The van der Waals surface area contributed by atoms with Gasteiger partial charge < -0.3 is 5.73 Å². The predicted molar refractivity (Wildman–Crippen MR) is 78.9 cm³/mol. The van der Waals surface area contributed by atoms with Crippen molar-refractivity contribution in [3.8, 4) is 0 Å². The number of nitrogens with two attached hydrogens (primary N) is 1. The van der Waals surface area contributed by atoms with Gasteiger partial charge in [-0.2, -0.15) is 5.10 Å². The van der Waals surface area contributed by atoms with Crippen LogP contribution >= 0.6 is 0 Å². The Morgan fingerprint density at radius 2 is 2.14 bits per heavy atom. The van der Waals surface area contributed by atoms with Crippen LogP contribution in [0.2, 0.25) is 0 Å². The van der Waals surface area contributed by atoms with Gasteiger partial charge in [0.2, 0.25) is 0 Å². The van der Waals surface area contributed by atoms with Crippen molar-refractivity contribution in [3.63, 3.8) is 0 Å². The molecule has 1 aromatic carbocycles. The van der Waals surface area contributed by atoms with Crippen molar-refractivity contribution in [3.05, 3.63) is 35.8 Å². The minimum atomic E-state index is -3.90. The van der Waals surface area contributed by atoms with E-state index in [0.29, 0.717) is 12.1 Å². The lowest BCUT2D eigenvalue weighted by molar-refractivity contribution is 0.595. The highest BCUT2D eigenvalue weighted by molar-refractivity contribution is 7.92. The number of sulfonamides is 1. The summed E-state index contributed by atoms with van der Waals surface area (Å²) in [6.07, 6.45) is 2.17. The van der Waals surface area contributed by atoms with Crippen LogP contribution in [0.5, 0.6) is 0 Å². The molecule has 0 unspecified atom stereocenters. The third-order valence-electron chi connectivity index (χ3n) is 2.92. The van der Waals surface area contributed by atoms with Gasteiger partial charge in [-0.25, -0.2) is 12.8 Å². The Hall–Kier alpha value is -2.09. The molecule has 1 heterocycles. The molecule has 3 N–H and O–H groups in total. The van der Waals surface area contributed by atoms with Crippen LogP contribution in [0.25, 0.3) is 0 Å². The molecule has 0 spiro atoms. The quantitative estimate of drug-likeness (QED) is 0.885. The maximum absolute atomic E-state index is 13.5. The molecule has 8 heteroatoms. The van der Waals surface area contributed by atoms with Crippen LogP contribution in [0.15, 0.2) is 29.3 Å². The Balaban J connectivity index is 2.31. The second-order valence-electron chi connectivity index (χ2n) is 4.71. The van der Waals surface area contributed by atoms with E-state index in [-0.39, 0.29) is 16.4 Å². The fraction of sp³-hybridized carbons (Fsp3) is 0.308. The molecule has 21 heavy (non-hydrogen) atoms. The second-order valence-corrected chi connectivity index (χ2v) is 6.36. The van der Waals surface area contributed by atoms with Gasteiger partial charge in [-0.05, 0) is 31.0 Å². The molecule has 6 nitrogen and oxygen atoms in total. The Morgan fingerprint density at radius 3 is 2.76 bits per heavy atom. The highest BCUT2D eigenvalue weighted by Gasteiger charge is 2.21. The number of anilines is 2. The maximum Gasteiger partial charge on any atom is 0.267 e. The summed E-state index contributed by atoms with van der Waals surface area (Å²) in [5.74, 6) is -0.562. The van der Waals surface area contributed by atoms with Gasteiger partial charge in [0.25, 0.3) is 10.0 Å². The van der Waals surface area contributed by atoms with E-state index in [1.54, 1.807) is 6.92 Å². The summed E-state index contributed by atoms with van der Waals surface area (Å²) in [6, 6.07) is 4.11. The molecule has 0 aliphatic rings. The van der Waals surface area contributed by atoms with Gasteiger partial charge in [-0.15, -0.1) is 0 Å². The van der Waals surface area contributed by atoms with Crippen LogP contribution in [-0.4, -0.2) is 18.2 Å². The minimum Gasteiger partial charge on any atom is -0.381 e. The maximum atomic E-state index is 13.5. The zero-order valence-corrected chi connectivity index (χ0v) is 12.6. The largest absolute Gasteiger partial charge is 0.381 e. The number of aryl methyl sites for hydroxylation is 2. The first kappa shape index (κ1) is 15.3. The molecule has 114 valence electrons. The minimum absolute atomic E-state index is 0.0801. The van der Waals surface area contributed by atoms with E-state index in [1.165, 1.54) is 23.0 Å². The van der Waals surface area contributed by atoms with Crippen LogP contribution in [0, 0.1) is 12.7 Å². The molecule has 0 saturated carbocycles. The summed E-state index contributed by atoms with van der Waals surface area (Å²) in [4.78, 5) is -0.114. The average Bonchev–Trinajstić information content (AvgIpc) is 2.76. The van der Waals surface area contributed by atoms with Crippen LogP contribution in [0.1, 0.15) is 18.9 Å². The second kappa shape index (κ2) is 5.72. The molecule has 0 aliphatic carbocycles. The standard InChI is InChI=1S/C13H17FN4O2S/c1-3-6-18-8-12(13(15)16-18)21(19,20)17-10-5-4-9(2)11(14)7-10/h4-5,7-8,17H,3,6H2,1-2H3,(H2,15,16). The number of hydrogen-bond donors (Lipinski definition) is 2. The summed E-state index contributed by atoms with van der Waals surface area (Å²) in [5.41, 5.74) is 6.22. The van der Waals surface area contributed by atoms with E-state index in [4.69, 9.17) is 5.73 Å². The predicted octanol–water partition coefficient (Wildman–Crippen LogP) is 2.12. The van der Waals surface area contributed by atoms with E-state index >= 15 is 0 Å². The van der Waals surface area contributed by atoms with E-state index in [0.717, 1.165) is 12.5 Å². The third-order valence-corrected chi connectivity index (χ3v) is 4.32. The van der Waals surface area contributed by atoms with E-state index in [1.807, 2.05) is 6.92 Å². The SMILES string of the molecule is CCCn1cc(S(=O)(=O)Nc2ccc(C)c(F)c2)c(N)n1. The van der Waals surface area contributed by atoms with Gasteiger partial charge in [-0.1, -0.05) is 13.0 Å². The summed E-state index contributed by atoms with van der Waals surface area (Å²) in [6.45, 7) is 4.11. The number of aromatic nitrogens is 2. The van der Waals surface area contributed by atoms with Gasteiger partial charge in [0, 0.05) is 12.7 Å². The van der Waals surface area contributed by atoms with Crippen LogP contribution in [-0.2, 0) is 16.6 Å². The number of rotatable bonds is 5. The Bertz CT molecular complexity index is 756. The zero-order chi connectivity index (χ0) is 15.6. The van der Waals surface area contributed by atoms with Crippen LogP contribution in [0.4, 0.5) is 15.9 Å². The molecular weight excluding hydrogens is 295 g/mol. The average molecular weight is 312 g/mol. The van der Waals surface area contributed by atoms with Gasteiger partial charge in [0.15, 0.2) is 5.82 Å². The molecule has 0 saturated heterocycles. The third kappa shape index (κ3) is 3.33. The fourth-order valence-electron chi connectivity index (χ4n) is 1.84. The lowest BCUT2D eigenvalue weighted by atomic mass is 10.2. The number of nitrogens with zero attached hydrogens (tertiary/aromatic N) is 2. The Morgan fingerprint density at radius 1 is 1.43 bits per heavy atom. The summed E-state index contributed by atoms with van der Waals surface area (Å²) in [7, 11) is -3.90. The monoisotopic (exact) mass is 312 g/mol. The molecule has 0 atom stereocenters. The van der Waals surface area contributed by atoms with Crippen molar-refractivity contribution in [2.45, 2.75) is 31.7 Å². The highest BCUT2D eigenvalue weighted by atomic mass is 32.2. The first-order valence-corrected chi connectivity index (χ1v) is 7.93. The number of halogens is 1. The molecule has 0 bridgehead atoms. The zero-order valence-electron chi connectivity index (χ0n) is 11.8. The van der Waals surface area contributed by atoms with Crippen molar-refractivity contribution in [1.82, 2.24) is 9.78 Å². The highest BCUT2D eigenvalue weighted by Crippen LogP contribution is 2.22. The number of nitrogens with one attached hydrogen (secondary N) is 1. The summed E-state index contributed by atoms with van der Waals surface area (Å²) < 4.78 is 41.8.